The maximum absolute atomic E-state index is 14.3. The second-order valence-electron chi connectivity index (χ2n) is 5.64. The minimum atomic E-state index is -0.466. The first-order valence-corrected chi connectivity index (χ1v) is 7.59. The number of hydrogen-bond donors (Lipinski definition) is 1. The molecule has 2 heterocycles. The third-order valence-corrected chi connectivity index (χ3v) is 3.95. The number of aryl methyl sites for hydroxylation is 2. The van der Waals surface area contributed by atoms with Crippen molar-refractivity contribution < 1.29 is 13.5 Å². The highest BCUT2D eigenvalue weighted by molar-refractivity contribution is 5.57. The summed E-state index contributed by atoms with van der Waals surface area (Å²) < 4.78 is 35.6. The molecule has 0 atom stereocenters. The fourth-order valence-electron chi connectivity index (χ4n) is 2.73. The van der Waals surface area contributed by atoms with E-state index in [0.717, 1.165) is 11.4 Å². The van der Waals surface area contributed by atoms with Crippen molar-refractivity contribution in [1.29, 1.82) is 0 Å². The number of rotatable bonds is 4. The van der Waals surface area contributed by atoms with Crippen LogP contribution in [0, 0.1) is 18.6 Å². The first kappa shape index (κ1) is 15.7. The zero-order valence-electron chi connectivity index (χ0n) is 13.3. The Bertz CT molecular complexity index is 696. The number of nitrogens with one attached hydrogen (secondary N) is 1. The van der Waals surface area contributed by atoms with Crippen LogP contribution in [0.2, 0.25) is 0 Å². The minimum absolute atomic E-state index is 0.151. The Morgan fingerprint density at radius 3 is 2.57 bits per heavy atom. The van der Waals surface area contributed by atoms with E-state index in [-0.39, 0.29) is 11.4 Å². The van der Waals surface area contributed by atoms with Gasteiger partial charge in [-0.05, 0) is 13.0 Å². The van der Waals surface area contributed by atoms with E-state index in [0.29, 0.717) is 32.8 Å². The van der Waals surface area contributed by atoms with Gasteiger partial charge in [-0.15, -0.1) is 0 Å². The van der Waals surface area contributed by atoms with E-state index >= 15 is 0 Å². The van der Waals surface area contributed by atoms with E-state index in [9.17, 15) is 8.78 Å². The summed E-state index contributed by atoms with van der Waals surface area (Å²) in [5.74, 6) is -0.899. The van der Waals surface area contributed by atoms with E-state index in [1.807, 2.05) is 20.0 Å². The highest BCUT2D eigenvalue weighted by Crippen LogP contribution is 2.27. The summed E-state index contributed by atoms with van der Waals surface area (Å²) in [4.78, 5) is 1.80. The number of halogens is 2. The molecule has 0 aliphatic carbocycles. The van der Waals surface area contributed by atoms with Crippen molar-refractivity contribution in [2.45, 2.75) is 13.5 Å². The SMILES string of the molecule is Cc1cc(CNc2cc(F)c(N3CCOCC3)cc2F)n(C)n1. The van der Waals surface area contributed by atoms with E-state index in [1.54, 1.807) is 9.58 Å². The summed E-state index contributed by atoms with van der Waals surface area (Å²) in [5, 5.41) is 7.16. The lowest BCUT2D eigenvalue weighted by molar-refractivity contribution is 0.122. The zero-order chi connectivity index (χ0) is 16.4. The van der Waals surface area contributed by atoms with Gasteiger partial charge in [-0.25, -0.2) is 8.78 Å². The van der Waals surface area contributed by atoms with Crippen LogP contribution < -0.4 is 10.2 Å². The van der Waals surface area contributed by atoms with Gasteiger partial charge in [0.15, 0.2) is 0 Å². The first-order chi connectivity index (χ1) is 11.0. The number of morpholine rings is 1. The molecule has 1 fully saturated rings. The number of anilines is 2. The number of ether oxygens (including phenoxy) is 1. The van der Waals surface area contributed by atoms with Crippen LogP contribution >= 0.6 is 0 Å². The van der Waals surface area contributed by atoms with Crippen LogP contribution in [0.15, 0.2) is 18.2 Å². The van der Waals surface area contributed by atoms with Crippen molar-refractivity contribution in [3.05, 3.63) is 41.2 Å². The number of hydrogen-bond acceptors (Lipinski definition) is 4. The molecule has 5 nitrogen and oxygen atoms in total. The van der Waals surface area contributed by atoms with Gasteiger partial charge >= 0.3 is 0 Å². The minimum Gasteiger partial charge on any atom is -0.378 e. The molecule has 0 saturated carbocycles. The molecule has 3 rings (SSSR count). The third kappa shape index (κ3) is 3.44. The highest BCUT2D eigenvalue weighted by atomic mass is 19.1. The van der Waals surface area contributed by atoms with Crippen molar-refractivity contribution in [2.75, 3.05) is 36.5 Å². The molecule has 0 radical (unpaired) electrons. The van der Waals surface area contributed by atoms with Crippen molar-refractivity contribution in [2.24, 2.45) is 7.05 Å². The Hall–Kier alpha value is -2.15. The van der Waals surface area contributed by atoms with Crippen molar-refractivity contribution >= 4 is 11.4 Å². The summed E-state index contributed by atoms with van der Waals surface area (Å²) in [6.45, 7) is 4.46. The lowest BCUT2D eigenvalue weighted by atomic mass is 10.2. The molecule has 2 aromatic rings. The normalized spacial score (nSPS) is 15.0. The predicted molar refractivity (Wildman–Crippen MR) is 84.7 cm³/mol. The van der Waals surface area contributed by atoms with Crippen LogP contribution in [0.5, 0.6) is 0 Å². The average molecular weight is 322 g/mol. The van der Waals surface area contributed by atoms with Crippen LogP contribution in [0.1, 0.15) is 11.4 Å². The molecule has 0 amide bonds. The Labute approximate surface area is 133 Å². The van der Waals surface area contributed by atoms with Crippen molar-refractivity contribution in [3.63, 3.8) is 0 Å². The monoisotopic (exact) mass is 322 g/mol. The molecule has 1 aliphatic heterocycles. The summed E-state index contributed by atoms with van der Waals surface area (Å²) in [7, 11) is 1.82. The summed E-state index contributed by atoms with van der Waals surface area (Å²) in [6.07, 6.45) is 0. The largest absolute Gasteiger partial charge is 0.378 e. The van der Waals surface area contributed by atoms with Crippen LogP contribution in [0.25, 0.3) is 0 Å². The van der Waals surface area contributed by atoms with Gasteiger partial charge in [0.05, 0.1) is 42.5 Å². The number of benzene rings is 1. The second-order valence-corrected chi connectivity index (χ2v) is 5.64. The Morgan fingerprint density at radius 1 is 1.17 bits per heavy atom. The van der Waals surface area contributed by atoms with Crippen LogP contribution in [-0.4, -0.2) is 36.1 Å². The summed E-state index contributed by atoms with van der Waals surface area (Å²) in [5.41, 5.74) is 2.23. The Kier molecular flexibility index (Phi) is 4.47. The van der Waals surface area contributed by atoms with Gasteiger partial charge < -0.3 is 15.0 Å². The summed E-state index contributed by atoms with van der Waals surface area (Å²) in [6, 6.07) is 4.37. The molecular formula is C16H20F2N4O. The lowest BCUT2D eigenvalue weighted by Gasteiger charge is -2.29. The molecule has 0 bridgehead atoms. The van der Waals surface area contributed by atoms with Gasteiger partial charge in [-0.3, -0.25) is 4.68 Å². The maximum Gasteiger partial charge on any atom is 0.148 e. The molecule has 1 aromatic carbocycles. The van der Waals surface area contributed by atoms with E-state index < -0.39 is 11.6 Å². The molecule has 124 valence electrons. The van der Waals surface area contributed by atoms with Crippen molar-refractivity contribution in [1.82, 2.24) is 9.78 Å². The van der Waals surface area contributed by atoms with E-state index in [2.05, 4.69) is 10.4 Å². The third-order valence-electron chi connectivity index (χ3n) is 3.95. The molecule has 1 aromatic heterocycles. The molecule has 7 heteroatoms. The Morgan fingerprint density at radius 2 is 1.91 bits per heavy atom. The molecule has 23 heavy (non-hydrogen) atoms. The maximum atomic E-state index is 14.3. The van der Waals surface area contributed by atoms with E-state index in [4.69, 9.17) is 4.74 Å². The predicted octanol–water partition coefficient (Wildman–Crippen LogP) is 2.46. The molecule has 1 aliphatic rings. The van der Waals surface area contributed by atoms with Gasteiger partial charge in [-0.2, -0.15) is 5.10 Å². The fraction of sp³-hybridized carbons (Fsp3) is 0.438. The first-order valence-electron chi connectivity index (χ1n) is 7.59. The molecule has 1 saturated heterocycles. The standard InChI is InChI=1S/C16H20F2N4O/c1-11-7-12(21(2)20-11)10-19-15-8-14(18)16(9-13(15)17)22-3-5-23-6-4-22/h7-9,19H,3-6,10H2,1-2H3. The van der Waals surface area contributed by atoms with E-state index in [1.165, 1.54) is 12.1 Å². The molecule has 0 unspecified atom stereocenters. The molecule has 0 spiro atoms. The fourth-order valence-corrected chi connectivity index (χ4v) is 2.73. The smallest absolute Gasteiger partial charge is 0.148 e. The number of nitrogens with zero attached hydrogens (tertiary/aromatic N) is 3. The van der Waals surface area contributed by atoms with Gasteiger partial charge in [0.2, 0.25) is 0 Å². The summed E-state index contributed by atoms with van der Waals surface area (Å²) >= 11 is 0. The van der Waals surface area contributed by atoms with Gasteiger partial charge in [0.25, 0.3) is 0 Å². The Balaban J connectivity index is 1.75. The van der Waals surface area contributed by atoms with Gasteiger partial charge in [0, 0.05) is 32.3 Å². The topological polar surface area (TPSA) is 42.3 Å². The van der Waals surface area contributed by atoms with Crippen LogP contribution in [0.3, 0.4) is 0 Å². The highest BCUT2D eigenvalue weighted by Gasteiger charge is 2.18. The van der Waals surface area contributed by atoms with Gasteiger partial charge in [-0.1, -0.05) is 0 Å². The molecule has 1 N–H and O–H groups in total. The quantitative estimate of drug-likeness (QED) is 0.939. The number of aromatic nitrogens is 2. The average Bonchev–Trinajstić information content (AvgIpc) is 2.86. The van der Waals surface area contributed by atoms with Crippen LogP contribution in [-0.2, 0) is 18.3 Å². The molecular weight excluding hydrogens is 302 g/mol. The van der Waals surface area contributed by atoms with Crippen LogP contribution in [0.4, 0.5) is 20.2 Å². The van der Waals surface area contributed by atoms with Gasteiger partial charge in [0.1, 0.15) is 11.6 Å². The lowest BCUT2D eigenvalue weighted by Crippen LogP contribution is -2.36. The van der Waals surface area contributed by atoms with Crippen molar-refractivity contribution in [3.8, 4) is 0 Å². The zero-order valence-corrected chi connectivity index (χ0v) is 13.3. The second kappa shape index (κ2) is 6.54.